The van der Waals surface area contributed by atoms with Gasteiger partial charge in [0.2, 0.25) is 0 Å². The number of hydrogen-bond acceptors (Lipinski definition) is 2. The van der Waals surface area contributed by atoms with E-state index >= 15 is 0 Å². The largest absolute Gasteiger partial charge is 0.264 e. The van der Waals surface area contributed by atoms with Crippen LogP contribution in [0.25, 0.3) is 22.4 Å². The fraction of sp³-hybridized carbons (Fsp3) is 0.348. The van der Waals surface area contributed by atoms with Gasteiger partial charge >= 0.3 is 0 Å². The number of aromatic nitrogens is 2. The molecule has 4 heteroatoms. The SMILES string of the molecule is CC(C)Cn1nc(C(C)C)cc1-c1ccc(-c2cccc(S(C)=O)c2)cc1. The quantitative estimate of drug-likeness (QED) is 0.547. The van der Waals surface area contributed by atoms with Crippen LogP contribution in [0.5, 0.6) is 0 Å². The van der Waals surface area contributed by atoms with Crippen LogP contribution in [0.4, 0.5) is 0 Å². The molecule has 27 heavy (non-hydrogen) atoms. The smallest absolute Gasteiger partial charge is 0.0685 e. The van der Waals surface area contributed by atoms with E-state index in [0.717, 1.165) is 28.3 Å². The van der Waals surface area contributed by atoms with Crippen LogP contribution in [0.3, 0.4) is 0 Å². The molecule has 142 valence electrons. The van der Waals surface area contributed by atoms with E-state index in [0.29, 0.717) is 11.8 Å². The van der Waals surface area contributed by atoms with E-state index in [4.69, 9.17) is 5.10 Å². The predicted octanol–water partition coefficient (Wildman–Crippen LogP) is 5.73. The molecule has 0 saturated heterocycles. The highest BCUT2D eigenvalue weighted by atomic mass is 32.2. The second kappa shape index (κ2) is 8.22. The van der Waals surface area contributed by atoms with Gasteiger partial charge < -0.3 is 0 Å². The van der Waals surface area contributed by atoms with Crippen molar-refractivity contribution in [3.63, 3.8) is 0 Å². The third-order valence-electron chi connectivity index (χ3n) is 4.61. The molecule has 0 fully saturated rings. The van der Waals surface area contributed by atoms with E-state index < -0.39 is 10.8 Å². The lowest BCUT2D eigenvalue weighted by Gasteiger charge is -2.11. The molecule has 0 bridgehead atoms. The lowest BCUT2D eigenvalue weighted by Crippen LogP contribution is -2.08. The van der Waals surface area contributed by atoms with Crippen molar-refractivity contribution in [1.82, 2.24) is 9.78 Å². The van der Waals surface area contributed by atoms with Crippen LogP contribution in [0, 0.1) is 5.92 Å². The summed E-state index contributed by atoms with van der Waals surface area (Å²) in [4.78, 5) is 0.855. The van der Waals surface area contributed by atoms with Crippen LogP contribution in [0.15, 0.2) is 59.5 Å². The van der Waals surface area contributed by atoms with Gasteiger partial charge in [0.1, 0.15) is 0 Å². The number of nitrogens with zero attached hydrogens (tertiary/aromatic N) is 2. The molecule has 0 aliphatic heterocycles. The maximum absolute atomic E-state index is 11.8. The highest BCUT2D eigenvalue weighted by Gasteiger charge is 2.13. The van der Waals surface area contributed by atoms with Crippen molar-refractivity contribution in [2.24, 2.45) is 5.92 Å². The predicted molar refractivity (Wildman–Crippen MR) is 114 cm³/mol. The van der Waals surface area contributed by atoms with Gasteiger partial charge in [-0.2, -0.15) is 5.10 Å². The zero-order valence-electron chi connectivity index (χ0n) is 16.8. The van der Waals surface area contributed by atoms with Crippen LogP contribution in [0.2, 0.25) is 0 Å². The number of benzene rings is 2. The van der Waals surface area contributed by atoms with E-state index in [1.807, 2.05) is 18.2 Å². The molecule has 0 aliphatic rings. The molecular formula is C23H28N2OS. The summed E-state index contributed by atoms with van der Waals surface area (Å²) in [7, 11) is -0.969. The van der Waals surface area contributed by atoms with Gasteiger partial charge in [-0.1, -0.05) is 64.1 Å². The monoisotopic (exact) mass is 380 g/mol. The Bertz CT molecular complexity index is 939. The van der Waals surface area contributed by atoms with Crippen LogP contribution >= 0.6 is 0 Å². The zero-order chi connectivity index (χ0) is 19.6. The lowest BCUT2D eigenvalue weighted by atomic mass is 10.0. The first kappa shape index (κ1) is 19.6. The summed E-state index contributed by atoms with van der Waals surface area (Å²) in [5, 5.41) is 4.82. The molecule has 1 heterocycles. The van der Waals surface area contributed by atoms with Gasteiger partial charge in [-0.3, -0.25) is 8.89 Å². The van der Waals surface area contributed by atoms with Crippen LogP contribution in [0.1, 0.15) is 39.3 Å². The topological polar surface area (TPSA) is 34.9 Å². The Morgan fingerprint density at radius 1 is 0.926 bits per heavy atom. The average molecular weight is 381 g/mol. The Morgan fingerprint density at radius 2 is 1.59 bits per heavy atom. The summed E-state index contributed by atoms with van der Waals surface area (Å²) >= 11 is 0. The van der Waals surface area contributed by atoms with Gasteiger partial charge in [-0.25, -0.2) is 0 Å². The summed E-state index contributed by atoms with van der Waals surface area (Å²) in [5.74, 6) is 0.953. The van der Waals surface area contributed by atoms with Crippen molar-refractivity contribution in [3.05, 3.63) is 60.3 Å². The van der Waals surface area contributed by atoms with Crippen molar-refractivity contribution in [1.29, 1.82) is 0 Å². The minimum atomic E-state index is -0.969. The van der Waals surface area contributed by atoms with Gasteiger partial charge in [-0.05, 0) is 46.7 Å². The molecular weight excluding hydrogens is 352 g/mol. The third kappa shape index (κ3) is 4.56. The Balaban J connectivity index is 1.96. The average Bonchev–Trinajstić information content (AvgIpc) is 3.05. The van der Waals surface area contributed by atoms with Gasteiger partial charge in [0.05, 0.1) is 11.4 Å². The van der Waals surface area contributed by atoms with Crippen LogP contribution < -0.4 is 0 Å². The lowest BCUT2D eigenvalue weighted by molar-refractivity contribution is 0.482. The first-order valence-electron chi connectivity index (χ1n) is 9.47. The van der Waals surface area contributed by atoms with E-state index in [-0.39, 0.29) is 0 Å². The third-order valence-corrected chi connectivity index (χ3v) is 5.53. The van der Waals surface area contributed by atoms with Gasteiger partial charge in [-0.15, -0.1) is 0 Å². The molecule has 0 radical (unpaired) electrons. The highest BCUT2D eigenvalue weighted by molar-refractivity contribution is 7.84. The second-order valence-electron chi connectivity index (χ2n) is 7.74. The van der Waals surface area contributed by atoms with E-state index in [1.165, 1.54) is 11.3 Å². The van der Waals surface area contributed by atoms with Gasteiger partial charge in [0.15, 0.2) is 0 Å². The molecule has 0 N–H and O–H groups in total. The molecule has 1 aromatic heterocycles. The van der Waals surface area contributed by atoms with Crippen molar-refractivity contribution >= 4 is 10.8 Å². The van der Waals surface area contributed by atoms with E-state index in [2.05, 4.69) is 68.8 Å². The maximum Gasteiger partial charge on any atom is 0.0685 e. The highest BCUT2D eigenvalue weighted by Crippen LogP contribution is 2.28. The van der Waals surface area contributed by atoms with Gasteiger partial charge in [0.25, 0.3) is 0 Å². The molecule has 0 spiro atoms. The van der Waals surface area contributed by atoms with Crippen molar-refractivity contribution in [2.45, 2.75) is 45.1 Å². The summed E-state index contributed by atoms with van der Waals surface area (Å²) in [6, 6.07) is 18.7. The van der Waals surface area contributed by atoms with E-state index in [9.17, 15) is 4.21 Å². The van der Waals surface area contributed by atoms with Crippen molar-refractivity contribution in [3.8, 4) is 22.4 Å². The Morgan fingerprint density at radius 3 is 2.19 bits per heavy atom. The Kier molecular flexibility index (Phi) is 5.95. The zero-order valence-corrected chi connectivity index (χ0v) is 17.6. The van der Waals surface area contributed by atoms with Crippen molar-refractivity contribution < 1.29 is 4.21 Å². The summed E-state index contributed by atoms with van der Waals surface area (Å²) in [6.07, 6.45) is 1.71. The summed E-state index contributed by atoms with van der Waals surface area (Å²) in [6.45, 7) is 9.70. The Hall–Kier alpha value is -2.20. The molecule has 0 saturated carbocycles. The fourth-order valence-electron chi connectivity index (χ4n) is 3.12. The normalized spacial score (nSPS) is 12.7. The molecule has 3 aromatic rings. The minimum absolute atomic E-state index is 0.411. The molecule has 0 aliphatic carbocycles. The summed E-state index contributed by atoms with van der Waals surface area (Å²) < 4.78 is 13.9. The van der Waals surface area contributed by atoms with Crippen LogP contribution in [-0.2, 0) is 17.3 Å². The number of rotatable bonds is 6. The van der Waals surface area contributed by atoms with Crippen molar-refractivity contribution in [2.75, 3.05) is 6.26 Å². The van der Waals surface area contributed by atoms with E-state index in [1.54, 1.807) is 6.26 Å². The fourth-order valence-corrected chi connectivity index (χ4v) is 3.69. The summed E-state index contributed by atoms with van der Waals surface area (Å²) in [5.41, 5.74) is 5.70. The molecule has 3 nitrogen and oxygen atoms in total. The molecule has 1 atom stereocenters. The van der Waals surface area contributed by atoms with Crippen LogP contribution in [-0.4, -0.2) is 20.2 Å². The second-order valence-corrected chi connectivity index (χ2v) is 9.12. The molecule has 2 aromatic carbocycles. The van der Waals surface area contributed by atoms with Gasteiger partial charge in [0, 0.05) is 28.5 Å². The minimum Gasteiger partial charge on any atom is -0.264 e. The molecule has 1 unspecified atom stereocenters. The first-order chi connectivity index (χ1) is 12.8. The first-order valence-corrected chi connectivity index (χ1v) is 11.0. The standard InChI is InChI=1S/C23H28N2OS/c1-16(2)15-25-23(14-22(24-25)17(3)4)19-11-9-18(10-12-19)20-7-6-8-21(13-20)27(5)26/h6-14,16-17H,15H2,1-5H3. The molecule has 0 amide bonds. The Labute approximate surface area is 164 Å². The number of hydrogen-bond donors (Lipinski definition) is 0. The molecule has 3 rings (SSSR count). The maximum atomic E-state index is 11.8.